The summed E-state index contributed by atoms with van der Waals surface area (Å²) in [7, 11) is 1.30. The van der Waals surface area contributed by atoms with Crippen LogP contribution in [0.25, 0.3) is 10.9 Å². The van der Waals surface area contributed by atoms with Crippen molar-refractivity contribution < 1.29 is 32.2 Å². The number of benzene rings is 3. The highest BCUT2D eigenvalue weighted by atomic mass is 19.4. The number of aromatic hydroxyl groups is 1. The number of aromatic nitrogens is 1. The van der Waals surface area contributed by atoms with Crippen LogP contribution in [0.1, 0.15) is 58.0 Å². The standard InChI is InChI=1S/C35H32F3N3O5/c1-45-28-16-15-21(35(36,37)38)19-26(28)41-34(44)39-18-17-23-22-11-5-7-13-25(22)40-31(23)29(20-9-3-2-4-10-20)30-32(42)24-12-6-8-14-27(24)46-33(30)43/h2-5,7,9-11,13,15-16,19,29,40,42H,6,8,12,14,17-18H2,1H3,(H2,39,41,44). The van der Waals surface area contributed by atoms with Gasteiger partial charge in [-0.15, -0.1) is 0 Å². The average Bonchev–Trinajstić information content (AvgIpc) is 3.40. The Hall–Kier alpha value is -5.19. The third kappa shape index (κ3) is 6.04. The van der Waals surface area contributed by atoms with Crippen LogP contribution in [0.4, 0.5) is 23.7 Å². The molecule has 6 rings (SSSR count). The maximum absolute atomic E-state index is 13.6. The molecule has 0 fully saturated rings. The highest BCUT2D eigenvalue weighted by molar-refractivity contribution is 5.91. The number of aryl methyl sites for hydroxylation is 1. The molecule has 11 heteroatoms. The monoisotopic (exact) mass is 631 g/mol. The van der Waals surface area contributed by atoms with E-state index in [1.54, 1.807) is 0 Å². The average molecular weight is 632 g/mol. The van der Waals surface area contributed by atoms with Gasteiger partial charge in [-0.3, -0.25) is 0 Å². The highest BCUT2D eigenvalue weighted by Crippen LogP contribution is 2.42. The highest BCUT2D eigenvalue weighted by Gasteiger charge is 2.33. The molecule has 2 amide bonds. The molecule has 5 aromatic rings. The Labute approximate surface area is 262 Å². The number of H-pyrrole nitrogens is 1. The van der Waals surface area contributed by atoms with Crippen LogP contribution in [0.5, 0.6) is 11.5 Å². The zero-order valence-electron chi connectivity index (χ0n) is 25.0. The molecule has 46 heavy (non-hydrogen) atoms. The Kier molecular flexibility index (Phi) is 8.48. The van der Waals surface area contributed by atoms with Crippen molar-refractivity contribution in [3.8, 4) is 11.5 Å². The number of amides is 2. The van der Waals surface area contributed by atoms with E-state index in [9.17, 15) is 27.9 Å². The van der Waals surface area contributed by atoms with Crippen molar-refractivity contribution in [2.24, 2.45) is 0 Å². The first-order valence-electron chi connectivity index (χ1n) is 15.0. The predicted octanol–water partition coefficient (Wildman–Crippen LogP) is 7.28. The molecule has 0 aliphatic heterocycles. The van der Waals surface area contributed by atoms with Crippen LogP contribution in [0, 0.1) is 0 Å². The van der Waals surface area contributed by atoms with E-state index >= 15 is 0 Å². The number of hydrogen-bond donors (Lipinski definition) is 4. The van der Waals surface area contributed by atoms with Crippen molar-refractivity contribution in [3.05, 3.63) is 122 Å². The maximum atomic E-state index is 13.6. The zero-order valence-corrected chi connectivity index (χ0v) is 25.0. The van der Waals surface area contributed by atoms with Gasteiger partial charge in [0.05, 0.1) is 29.8 Å². The van der Waals surface area contributed by atoms with E-state index in [0.29, 0.717) is 36.3 Å². The minimum atomic E-state index is -4.59. The lowest BCUT2D eigenvalue weighted by atomic mass is 9.84. The lowest BCUT2D eigenvalue weighted by molar-refractivity contribution is -0.137. The molecule has 238 valence electrons. The molecule has 0 radical (unpaired) electrons. The van der Waals surface area contributed by atoms with Crippen LogP contribution < -0.4 is 21.0 Å². The largest absolute Gasteiger partial charge is 0.507 e. The van der Waals surface area contributed by atoms with Gasteiger partial charge in [-0.05, 0) is 61.1 Å². The first-order chi connectivity index (χ1) is 22.2. The van der Waals surface area contributed by atoms with Crippen molar-refractivity contribution in [3.63, 3.8) is 0 Å². The number of carbonyl (C=O) groups is 1. The first-order valence-corrected chi connectivity index (χ1v) is 15.0. The van der Waals surface area contributed by atoms with Crippen molar-refractivity contribution in [1.29, 1.82) is 0 Å². The minimum Gasteiger partial charge on any atom is -0.507 e. The van der Waals surface area contributed by atoms with E-state index in [-0.39, 0.29) is 29.3 Å². The molecule has 3 aromatic carbocycles. The van der Waals surface area contributed by atoms with Gasteiger partial charge in [0, 0.05) is 35.1 Å². The van der Waals surface area contributed by atoms with Crippen LogP contribution in [0.15, 0.2) is 82.0 Å². The Balaban J connectivity index is 1.35. The quantitative estimate of drug-likeness (QED) is 0.144. The fraction of sp³-hybridized carbons (Fsp3) is 0.257. The number of fused-ring (bicyclic) bond motifs is 2. The molecule has 2 heterocycles. The van der Waals surface area contributed by atoms with Gasteiger partial charge in [0.25, 0.3) is 0 Å². The van der Waals surface area contributed by atoms with Crippen LogP contribution in [0.2, 0.25) is 0 Å². The number of hydrogen-bond acceptors (Lipinski definition) is 5. The van der Waals surface area contributed by atoms with E-state index in [0.717, 1.165) is 53.1 Å². The molecule has 0 saturated heterocycles. The van der Waals surface area contributed by atoms with Gasteiger partial charge in [-0.2, -0.15) is 13.2 Å². The fourth-order valence-corrected chi connectivity index (χ4v) is 6.23. The summed E-state index contributed by atoms with van der Waals surface area (Å²) < 4.78 is 50.8. The number of carbonyl (C=O) groups excluding carboxylic acids is 1. The Morgan fingerprint density at radius 3 is 2.54 bits per heavy atom. The van der Waals surface area contributed by atoms with Crippen LogP contribution in [0.3, 0.4) is 0 Å². The Bertz CT molecular complexity index is 1950. The summed E-state index contributed by atoms with van der Waals surface area (Å²) in [6, 6.07) is 19.1. The second kappa shape index (κ2) is 12.7. The molecule has 8 nitrogen and oxygen atoms in total. The number of rotatable bonds is 8. The fourth-order valence-electron chi connectivity index (χ4n) is 6.23. The molecule has 1 aliphatic rings. The van der Waals surface area contributed by atoms with Crippen molar-refractivity contribution in [2.45, 2.75) is 44.2 Å². The first kappa shape index (κ1) is 30.8. The molecule has 0 saturated carbocycles. The molecule has 4 N–H and O–H groups in total. The summed E-state index contributed by atoms with van der Waals surface area (Å²) in [5.74, 6) is -0.169. The normalized spacial score (nSPS) is 13.7. The van der Waals surface area contributed by atoms with Gasteiger partial charge in [-0.25, -0.2) is 9.59 Å². The molecular weight excluding hydrogens is 599 g/mol. The van der Waals surface area contributed by atoms with E-state index < -0.39 is 29.3 Å². The maximum Gasteiger partial charge on any atom is 0.416 e. The third-order valence-corrected chi connectivity index (χ3v) is 8.39. The van der Waals surface area contributed by atoms with Gasteiger partial charge < -0.3 is 29.9 Å². The minimum absolute atomic E-state index is 0.0584. The number of urea groups is 1. The van der Waals surface area contributed by atoms with Gasteiger partial charge in [0.15, 0.2) is 0 Å². The number of halogens is 3. The van der Waals surface area contributed by atoms with Crippen LogP contribution >= 0.6 is 0 Å². The molecule has 0 bridgehead atoms. The molecule has 0 spiro atoms. The van der Waals surface area contributed by atoms with E-state index in [1.165, 1.54) is 7.11 Å². The molecule has 2 aromatic heterocycles. The number of para-hydroxylation sites is 1. The second-order valence-electron chi connectivity index (χ2n) is 11.2. The smallest absolute Gasteiger partial charge is 0.416 e. The lowest BCUT2D eigenvalue weighted by Crippen LogP contribution is -2.31. The van der Waals surface area contributed by atoms with Crippen LogP contribution in [-0.2, 0) is 25.4 Å². The second-order valence-corrected chi connectivity index (χ2v) is 11.2. The lowest BCUT2D eigenvalue weighted by Gasteiger charge is -2.23. The zero-order chi connectivity index (χ0) is 32.4. The number of ether oxygens (including phenoxy) is 1. The number of nitrogens with one attached hydrogen (secondary N) is 3. The SMILES string of the molecule is COc1ccc(C(F)(F)F)cc1NC(=O)NCCc1c(C(c2ccccc2)c2c(O)c3c(oc2=O)CCCC3)[nH]c2ccccc12. The van der Waals surface area contributed by atoms with Crippen molar-refractivity contribution in [1.82, 2.24) is 10.3 Å². The van der Waals surface area contributed by atoms with Crippen LogP contribution in [-0.4, -0.2) is 29.8 Å². The summed E-state index contributed by atoms with van der Waals surface area (Å²) >= 11 is 0. The number of anilines is 1. The summed E-state index contributed by atoms with van der Waals surface area (Å²) in [6.45, 7) is 0.105. The molecule has 1 aliphatic carbocycles. The summed E-state index contributed by atoms with van der Waals surface area (Å²) in [5.41, 5.74) is 2.17. The summed E-state index contributed by atoms with van der Waals surface area (Å²) in [4.78, 5) is 29.9. The molecule has 1 unspecified atom stereocenters. The van der Waals surface area contributed by atoms with E-state index in [4.69, 9.17) is 9.15 Å². The number of alkyl halides is 3. The Morgan fingerprint density at radius 2 is 1.78 bits per heavy atom. The van der Waals surface area contributed by atoms with Crippen molar-refractivity contribution >= 4 is 22.6 Å². The van der Waals surface area contributed by atoms with Gasteiger partial charge in [0.2, 0.25) is 0 Å². The van der Waals surface area contributed by atoms with Gasteiger partial charge in [-0.1, -0.05) is 48.5 Å². The topological polar surface area (TPSA) is 117 Å². The van der Waals surface area contributed by atoms with Gasteiger partial charge >= 0.3 is 17.8 Å². The van der Waals surface area contributed by atoms with E-state index in [2.05, 4.69) is 15.6 Å². The Morgan fingerprint density at radius 1 is 1.04 bits per heavy atom. The number of aromatic amines is 1. The van der Waals surface area contributed by atoms with E-state index in [1.807, 2.05) is 54.6 Å². The predicted molar refractivity (Wildman–Crippen MR) is 168 cm³/mol. The van der Waals surface area contributed by atoms with Gasteiger partial charge in [0.1, 0.15) is 17.3 Å². The summed E-state index contributed by atoms with van der Waals surface area (Å²) in [6.07, 6.45) is -1.34. The molecular formula is C35H32F3N3O5. The number of methoxy groups -OCH3 is 1. The van der Waals surface area contributed by atoms with Crippen molar-refractivity contribution in [2.75, 3.05) is 19.0 Å². The third-order valence-electron chi connectivity index (χ3n) is 8.39. The summed E-state index contributed by atoms with van der Waals surface area (Å²) in [5, 5.41) is 17.6. The molecule has 1 atom stereocenters.